The fraction of sp³-hybridized carbons (Fsp3) is 0.412. The van der Waals surface area contributed by atoms with Crippen LogP contribution in [0.1, 0.15) is 49.2 Å². The first-order valence-corrected chi connectivity index (χ1v) is 8.10. The van der Waals surface area contributed by atoms with E-state index in [1.165, 1.54) is 6.20 Å². The Labute approximate surface area is 140 Å². The number of aromatic nitrogens is 3. The molecule has 7 nitrogen and oxygen atoms in total. The van der Waals surface area contributed by atoms with Crippen molar-refractivity contribution >= 4 is 11.9 Å². The second kappa shape index (κ2) is 8.24. The lowest BCUT2D eigenvalue weighted by atomic mass is 10.1. The lowest BCUT2D eigenvalue weighted by Gasteiger charge is -2.14. The maximum atomic E-state index is 12.5. The van der Waals surface area contributed by atoms with Gasteiger partial charge in [0, 0.05) is 6.20 Å². The average Bonchev–Trinajstić information content (AvgIpc) is 3.03. The molecule has 0 spiro atoms. The Hall–Kier alpha value is -2.70. The third kappa shape index (κ3) is 3.98. The quantitative estimate of drug-likeness (QED) is 0.773. The summed E-state index contributed by atoms with van der Waals surface area (Å²) in [6.07, 6.45) is 5.71. The Kier molecular flexibility index (Phi) is 6.06. The van der Waals surface area contributed by atoms with Gasteiger partial charge in [0.1, 0.15) is 6.04 Å². The second-order valence-corrected chi connectivity index (χ2v) is 5.46. The van der Waals surface area contributed by atoms with E-state index in [-0.39, 0.29) is 0 Å². The van der Waals surface area contributed by atoms with E-state index in [1.54, 1.807) is 23.0 Å². The van der Waals surface area contributed by atoms with Crippen molar-refractivity contribution in [3.05, 3.63) is 41.9 Å². The average molecular weight is 330 g/mol. The fourth-order valence-corrected chi connectivity index (χ4v) is 2.48. The van der Waals surface area contributed by atoms with Gasteiger partial charge in [0.25, 0.3) is 5.91 Å². The summed E-state index contributed by atoms with van der Waals surface area (Å²) >= 11 is 0. The van der Waals surface area contributed by atoms with Crippen LogP contribution in [0.3, 0.4) is 0 Å². The summed E-state index contributed by atoms with van der Waals surface area (Å²) in [6.45, 7) is 3.89. The number of carbonyl (C=O) groups is 2. The summed E-state index contributed by atoms with van der Waals surface area (Å²) in [6, 6.07) is 4.56. The highest BCUT2D eigenvalue weighted by Crippen LogP contribution is 2.15. The van der Waals surface area contributed by atoms with Crippen LogP contribution in [0.4, 0.5) is 0 Å². The Bertz CT molecular complexity index is 697. The Balaban J connectivity index is 2.23. The van der Waals surface area contributed by atoms with Crippen molar-refractivity contribution in [1.82, 2.24) is 20.1 Å². The van der Waals surface area contributed by atoms with Gasteiger partial charge in [0.15, 0.2) is 5.82 Å². The number of aliphatic carboxylic acids is 1. The van der Waals surface area contributed by atoms with Crippen molar-refractivity contribution in [3.63, 3.8) is 0 Å². The highest BCUT2D eigenvalue weighted by atomic mass is 16.4. The van der Waals surface area contributed by atoms with Crippen molar-refractivity contribution in [2.24, 2.45) is 0 Å². The summed E-state index contributed by atoms with van der Waals surface area (Å²) in [5.74, 6) is -0.821. The van der Waals surface area contributed by atoms with Crippen LogP contribution >= 0.6 is 0 Å². The number of pyridine rings is 1. The molecule has 2 aromatic heterocycles. The van der Waals surface area contributed by atoms with Gasteiger partial charge in [0.05, 0.1) is 17.5 Å². The Morgan fingerprint density at radius 1 is 1.33 bits per heavy atom. The minimum absolute atomic E-state index is 0.380. The SMILES string of the molecule is CCCC[C@H](NC(=O)c1cnn(-c2ccccn2)c1CC)C(=O)O. The highest BCUT2D eigenvalue weighted by molar-refractivity contribution is 5.97. The molecule has 0 bridgehead atoms. The topological polar surface area (TPSA) is 97.1 Å². The molecule has 1 atom stereocenters. The summed E-state index contributed by atoms with van der Waals surface area (Å²) < 4.78 is 1.61. The lowest BCUT2D eigenvalue weighted by molar-refractivity contribution is -0.139. The summed E-state index contributed by atoms with van der Waals surface area (Å²) in [5.41, 5.74) is 1.08. The van der Waals surface area contributed by atoms with E-state index in [1.807, 2.05) is 19.9 Å². The van der Waals surface area contributed by atoms with E-state index in [0.717, 1.165) is 12.8 Å². The molecule has 0 radical (unpaired) electrons. The van der Waals surface area contributed by atoms with Crippen LogP contribution in [-0.4, -0.2) is 37.8 Å². The van der Waals surface area contributed by atoms with Crippen LogP contribution < -0.4 is 5.32 Å². The zero-order valence-corrected chi connectivity index (χ0v) is 13.9. The minimum Gasteiger partial charge on any atom is -0.480 e. The first kappa shape index (κ1) is 17.7. The van der Waals surface area contributed by atoms with E-state index >= 15 is 0 Å². The molecule has 0 aliphatic rings. The maximum Gasteiger partial charge on any atom is 0.326 e. The third-order valence-electron chi connectivity index (χ3n) is 3.76. The summed E-state index contributed by atoms with van der Waals surface area (Å²) in [4.78, 5) is 28.0. The minimum atomic E-state index is -1.02. The molecule has 24 heavy (non-hydrogen) atoms. The fourth-order valence-electron chi connectivity index (χ4n) is 2.48. The first-order valence-electron chi connectivity index (χ1n) is 8.10. The summed E-state index contributed by atoms with van der Waals surface area (Å²) in [7, 11) is 0. The molecular formula is C17H22N4O3. The number of nitrogens with one attached hydrogen (secondary N) is 1. The van der Waals surface area contributed by atoms with Crippen LogP contribution in [0.2, 0.25) is 0 Å². The Morgan fingerprint density at radius 2 is 2.12 bits per heavy atom. The monoisotopic (exact) mass is 330 g/mol. The molecule has 0 unspecified atom stereocenters. The van der Waals surface area contributed by atoms with Crippen molar-refractivity contribution in [1.29, 1.82) is 0 Å². The number of amides is 1. The molecule has 2 aromatic rings. The maximum absolute atomic E-state index is 12.5. The summed E-state index contributed by atoms with van der Waals surface area (Å²) in [5, 5.41) is 16.1. The van der Waals surface area contributed by atoms with Crippen LogP contribution in [0.5, 0.6) is 0 Å². The van der Waals surface area contributed by atoms with Gasteiger partial charge >= 0.3 is 5.97 Å². The number of carbonyl (C=O) groups excluding carboxylic acids is 1. The van der Waals surface area contributed by atoms with Crippen LogP contribution in [0.15, 0.2) is 30.6 Å². The standard InChI is InChI=1S/C17H22N4O3/c1-3-5-8-13(17(23)24)20-16(22)12-11-19-21(14(12)4-2)15-9-6-7-10-18-15/h6-7,9-11,13H,3-5,8H2,1-2H3,(H,20,22)(H,23,24)/t13-/m0/s1. The third-order valence-corrected chi connectivity index (χ3v) is 3.76. The zero-order valence-electron chi connectivity index (χ0n) is 13.9. The number of rotatable bonds is 8. The lowest BCUT2D eigenvalue weighted by Crippen LogP contribution is -2.41. The molecule has 2 heterocycles. The van der Waals surface area contributed by atoms with Gasteiger partial charge in [0.2, 0.25) is 0 Å². The predicted octanol–water partition coefficient (Wildman–Crippen LogP) is 2.20. The molecule has 2 N–H and O–H groups in total. The normalized spacial score (nSPS) is 11.9. The number of hydrogen-bond acceptors (Lipinski definition) is 4. The Morgan fingerprint density at radius 3 is 2.71 bits per heavy atom. The number of nitrogens with zero attached hydrogens (tertiary/aromatic N) is 3. The number of hydrogen-bond donors (Lipinski definition) is 2. The second-order valence-electron chi connectivity index (χ2n) is 5.46. The smallest absolute Gasteiger partial charge is 0.326 e. The molecule has 2 rings (SSSR count). The molecule has 0 saturated heterocycles. The zero-order chi connectivity index (χ0) is 17.5. The first-order chi connectivity index (χ1) is 11.6. The van der Waals surface area contributed by atoms with E-state index < -0.39 is 17.9 Å². The molecule has 1 amide bonds. The molecule has 0 fully saturated rings. The van der Waals surface area contributed by atoms with Gasteiger partial charge in [-0.05, 0) is 25.0 Å². The van der Waals surface area contributed by atoms with Crippen LogP contribution in [0, 0.1) is 0 Å². The highest BCUT2D eigenvalue weighted by Gasteiger charge is 2.23. The van der Waals surface area contributed by atoms with Crippen molar-refractivity contribution < 1.29 is 14.7 Å². The van der Waals surface area contributed by atoms with Gasteiger partial charge < -0.3 is 10.4 Å². The molecule has 0 aromatic carbocycles. The van der Waals surface area contributed by atoms with Gasteiger partial charge in [-0.15, -0.1) is 0 Å². The largest absolute Gasteiger partial charge is 0.480 e. The number of carboxylic acid groups (broad SMARTS) is 1. The van der Waals surface area contributed by atoms with Crippen molar-refractivity contribution in [2.75, 3.05) is 0 Å². The number of unbranched alkanes of at least 4 members (excludes halogenated alkanes) is 1. The van der Waals surface area contributed by atoms with E-state index in [4.69, 9.17) is 0 Å². The van der Waals surface area contributed by atoms with Crippen LogP contribution in [-0.2, 0) is 11.2 Å². The number of carboxylic acids is 1. The van der Waals surface area contributed by atoms with Gasteiger partial charge in [-0.1, -0.05) is 32.8 Å². The van der Waals surface area contributed by atoms with E-state index in [9.17, 15) is 14.7 Å². The van der Waals surface area contributed by atoms with E-state index in [2.05, 4.69) is 15.4 Å². The molecule has 128 valence electrons. The van der Waals surface area contributed by atoms with Crippen LogP contribution in [0.25, 0.3) is 5.82 Å². The molecule has 7 heteroatoms. The molecule has 0 aliphatic carbocycles. The van der Waals surface area contributed by atoms with Gasteiger partial charge in [-0.25, -0.2) is 14.5 Å². The molecule has 0 saturated carbocycles. The predicted molar refractivity (Wildman–Crippen MR) is 89.2 cm³/mol. The van der Waals surface area contributed by atoms with Crippen molar-refractivity contribution in [2.45, 2.75) is 45.6 Å². The molecule has 0 aliphatic heterocycles. The van der Waals surface area contributed by atoms with Gasteiger partial charge in [-0.3, -0.25) is 4.79 Å². The molecular weight excluding hydrogens is 308 g/mol. The van der Waals surface area contributed by atoms with Gasteiger partial charge in [-0.2, -0.15) is 5.10 Å². The van der Waals surface area contributed by atoms with Crippen molar-refractivity contribution in [3.8, 4) is 5.82 Å². The van der Waals surface area contributed by atoms with E-state index in [0.29, 0.717) is 29.9 Å².